The van der Waals surface area contributed by atoms with Gasteiger partial charge >= 0.3 is 16.9 Å². The molecular formula is C52H78Cl6N10O10P+. The minimum atomic E-state index is -3.22. The normalized spacial score (nSPS) is 10.4. The number of aliphatic carboxylic acids is 1. The number of hydrogen-bond donors (Lipinski definition) is 9. The Morgan fingerprint density at radius 2 is 0.873 bits per heavy atom. The summed E-state index contributed by atoms with van der Waals surface area (Å²) in [7, 11) is 0. The fourth-order valence-electron chi connectivity index (χ4n) is 3.72. The van der Waals surface area contributed by atoms with Gasteiger partial charge in [-0.15, -0.1) is 0 Å². The van der Waals surface area contributed by atoms with Crippen LogP contribution >= 0.6 is 73.7 Å². The Bertz CT molecular complexity index is 2680. The standard InChI is InChI=1S/C11H15ClN2O.C11H16N2O2.C11H16N2O.C6H7ClN2.C6H8N2.C5H9ClO.C2H4O2.Cl3OP.H2O2/c1-7-5-6-8(13-9(7)12)14-10(15)11(2,3)4;1-8-5-6-9(13(15)7-8)12-10(14)11(2,3)4;1-8-5-6-9(12-7-8)13-10(14)11(2,3)4;1-4-2-3-5(8)9-6(4)7;1-5-2-3-6(7)8-4-5;1-5(2,3)4(6)7;1-2(3)4;1-5(2,3)4;1-2/h5-6H,1-4H3,(H,13,14,15);5-7,15H,1-4H3;5-7H,1-4H3,(H,12,13,14);2-3H,1H3,(H2,8,9);2-4H,1H3,(H2,7,8);1-3H3;1H3,(H,3,4);;1-2H/p+1. The summed E-state index contributed by atoms with van der Waals surface area (Å²) in [6.07, 6.45) is 5.02. The third-order valence-electron chi connectivity index (χ3n) is 8.37. The van der Waals surface area contributed by atoms with Crippen LogP contribution in [0.5, 0.6) is 0 Å². The number of carboxylic acid groups (broad SMARTS) is 1. The molecule has 0 aliphatic rings. The Kier molecular flexibility index (Phi) is 38.8. The second kappa shape index (κ2) is 38.3. The van der Waals surface area contributed by atoms with E-state index in [9.17, 15) is 29.0 Å². The van der Waals surface area contributed by atoms with Crippen LogP contribution in [-0.2, 0) is 28.5 Å². The van der Waals surface area contributed by atoms with Crippen molar-refractivity contribution >= 4 is 132 Å². The number of carboxylic acids is 1. The molecule has 11 N–H and O–H groups in total. The first kappa shape index (κ1) is 80.1. The minimum Gasteiger partial charge on any atom is -0.481 e. The number of nitrogens with zero attached hydrogens (tertiary/aromatic N) is 5. The molecule has 0 atom stereocenters. The molecule has 0 saturated carbocycles. The number of nitrogens with one attached hydrogen (secondary N) is 3. The lowest BCUT2D eigenvalue weighted by Gasteiger charge is -2.17. The SMILES string of the molecule is CC(=O)O.CC(C)(C)C(=O)Cl.Cc1ccc(N)nc1.Cc1ccc(N)nc1Cl.Cc1ccc(NC(=O)C(C)(C)C)[n+](O)c1.Cc1ccc(NC(=O)C(C)(C)C)nc1.Cc1ccc(NC(=O)C(C)(C)C)nc1Cl.O=P(Cl)(Cl)Cl.OO. The number of rotatable bonds is 3. The van der Waals surface area contributed by atoms with E-state index in [4.69, 9.17) is 66.7 Å². The van der Waals surface area contributed by atoms with Crippen LogP contribution in [0.15, 0.2) is 79.3 Å². The summed E-state index contributed by atoms with van der Waals surface area (Å²) >= 11 is 30.4. The van der Waals surface area contributed by atoms with Gasteiger partial charge < -0.3 is 32.4 Å². The molecule has 0 aliphatic heterocycles. The van der Waals surface area contributed by atoms with Gasteiger partial charge in [0.05, 0.1) is 5.41 Å². The molecular weight excluding hydrogens is 1170 g/mol. The smallest absolute Gasteiger partial charge is 0.339 e. The summed E-state index contributed by atoms with van der Waals surface area (Å²) in [5.74, 6) is 1.46. The van der Waals surface area contributed by atoms with Gasteiger partial charge in [-0.25, -0.2) is 30.0 Å². The van der Waals surface area contributed by atoms with Crippen LogP contribution in [0.25, 0.3) is 0 Å². The molecule has 0 fully saturated rings. The fourth-order valence-corrected chi connectivity index (χ4v) is 4.03. The largest absolute Gasteiger partial charge is 0.481 e. The van der Waals surface area contributed by atoms with E-state index in [0.717, 1.165) is 39.5 Å². The summed E-state index contributed by atoms with van der Waals surface area (Å²) in [5.41, 5.74) is 14.0. The summed E-state index contributed by atoms with van der Waals surface area (Å²) < 4.78 is 10.4. The highest BCUT2D eigenvalue weighted by molar-refractivity contribution is 8.24. The summed E-state index contributed by atoms with van der Waals surface area (Å²) in [5, 5.41) is 34.4. The molecule has 79 heavy (non-hydrogen) atoms. The van der Waals surface area contributed by atoms with Crippen LogP contribution in [0.3, 0.4) is 0 Å². The monoisotopic (exact) mass is 1240 g/mol. The predicted octanol–water partition coefficient (Wildman–Crippen LogP) is 14.2. The minimum absolute atomic E-state index is 0.0196. The fraction of sp³-hybridized carbons (Fsp3) is 0.423. The molecule has 27 heteroatoms. The van der Waals surface area contributed by atoms with Crippen LogP contribution in [0.4, 0.5) is 29.1 Å². The molecule has 5 heterocycles. The Morgan fingerprint density at radius 3 is 1.18 bits per heavy atom. The van der Waals surface area contributed by atoms with E-state index >= 15 is 0 Å². The van der Waals surface area contributed by atoms with E-state index in [-0.39, 0.29) is 33.8 Å². The first-order valence-corrected chi connectivity index (χ1v) is 28.8. The Hall–Kier alpha value is -5.41. The molecule has 442 valence electrons. The van der Waals surface area contributed by atoms with E-state index in [1.807, 2.05) is 127 Å². The molecule has 0 aromatic carbocycles. The molecule has 5 rings (SSSR count). The van der Waals surface area contributed by atoms with Crippen molar-refractivity contribution in [3.8, 4) is 0 Å². The first-order chi connectivity index (χ1) is 35.7. The Labute approximate surface area is 494 Å². The van der Waals surface area contributed by atoms with Gasteiger partial charge in [-0.05, 0) is 159 Å². The van der Waals surface area contributed by atoms with Crippen molar-refractivity contribution in [1.82, 2.24) is 19.9 Å². The van der Waals surface area contributed by atoms with Crippen molar-refractivity contribution in [1.29, 1.82) is 0 Å². The highest BCUT2D eigenvalue weighted by Crippen LogP contribution is 2.61. The maximum absolute atomic E-state index is 11.6. The molecule has 3 amide bonds. The van der Waals surface area contributed by atoms with Crippen molar-refractivity contribution in [3.63, 3.8) is 0 Å². The molecule has 0 aliphatic carbocycles. The van der Waals surface area contributed by atoms with Gasteiger partial charge in [0.15, 0.2) is 0 Å². The molecule has 0 radical (unpaired) electrons. The summed E-state index contributed by atoms with van der Waals surface area (Å²) in [4.78, 5) is 69.9. The predicted molar refractivity (Wildman–Crippen MR) is 322 cm³/mol. The highest BCUT2D eigenvalue weighted by atomic mass is 36.0. The van der Waals surface area contributed by atoms with Gasteiger partial charge in [0.1, 0.15) is 39.8 Å². The van der Waals surface area contributed by atoms with Crippen molar-refractivity contribution in [3.05, 3.63) is 117 Å². The number of carbonyl (C=O) groups is 5. The zero-order valence-corrected chi connectivity index (χ0v) is 53.3. The van der Waals surface area contributed by atoms with Crippen molar-refractivity contribution < 1.29 is 54.1 Å². The van der Waals surface area contributed by atoms with Crippen LogP contribution in [0.1, 0.15) is 118 Å². The number of halogens is 6. The van der Waals surface area contributed by atoms with E-state index in [1.165, 1.54) is 6.20 Å². The van der Waals surface area contributed by atoms with Gasteiger partial charge in [-0.3, -0.25) is 34.3 Å². The third-order valence-corrected chi connectivity index (χ3v) is 9.70. The first-order valence-electron chi connectivity index (χ1n) is 23.2. The summed E-state index contributed by atoms with van der Waals surface area (Å²) in [6.45, 7) is 32.6. The highest BCUT2D eigenvalue weighted by Gasteiger charge is 2.27. The average molecular weight is 1250 g/mol. The third kappa shape index (κ3) is 45.1. The maximum Gasteiger partial charge on any atom is 0.339 e. The molecule has 5 aromatic heterocycles. The van der Waals surface area contributed by atoms with Crippen LogP contribution in [0.2, 0.25) is 10.3 Å². The van der Waals surface area contributed by atoms with Crippen molar-refractivity contribution in [2.45, 2.75) is 125 Å². The van der Waals surface area contributed by atoms with E-state index < -0.39 is 22.0 Å². The quantitative estimate of drug-likeness (QED) is 0.0154. The van der Waals surface area contributed by atoms with Gasteiger partial charge in [0, 0.05) is 41.6 Å². The number of nitrogen functional groups attached to an aromatic ring is 2. The second-order valence-electron chi connectivity index (χ2n) is 20.6. The lowest BCUT2D eigenvalue weighted by Crippen LogP contribution is -2.38. The second-order valence-corrected chi connectivity index (χ2v) is 28.3. The van der Waals surface area contributed by atoms with Crippen molar-refractivity contribution in [2.75, 3.05) is 27.4 Å². The topological polar surface area (TPSA) is 327 Å². The number of anilines is 5. The lowest BCUT2D eigenvalue weighted by molar-refractivity contribution is -0.893. The molecule has 5 aromatic rings. The number of carbonyl (C=O) groups excluding carboxylic acids is 4. The van der Waals surface area contributed by atoms with Crippen molar-refractivity contribution in [2.24, 2.45) is 21.7 Å². The zero-order chi connectivity index (χ0) is 63.0. The maximum atomic E-state index is 11.6. The van der Waals surface area contributed by atoms with Crippen LogP contribution < -0.4 is 32.1 Å². The zero-order valence-electron chi connectivity index (χ0n) is 47.8. The number of amides is 3. The molecule has 0 saturated heterocycles. The molecule has 0 bridgehead atoms. The molecule has 20 nitrogen and oxygen atoms in total. The van der Waals surface area contributed by atoms with Gasteiger partial charge in [-0.1, -0.05) is 115 Å². The number of hydrogen-bond acceptors (Lipinski definition) is 15. The molecule has 0 spiro atoms. The van der Waals surface area contributed by atoms with E-state index in [2.05, 4.69) is 69.6 Å². The Balaban J connectivity index is -0.000000418. The van der Waals surface area contributed by atoms with Gasteiger partial charge in [0.25, 0.3) is 5.97 Å². The average Bonchev–Trinajstić information content (AvgIpc) is 3.29. The number of aromatic nitrogens is 5. The van der Waals surface area contributed by atoms with E-state index in [1.54, 1.807) is 63.5 Å². The Morgan fingerprint density at radius 1 is 0.544 bits per heavy atom. The number of pyridine rings is 5. The van der Waals surface area contributed by atoms with Crippen LogP contribution in [0, 0.1) is 56.3 Å². The van der Waals surface area contributed by atoms with Crippen LogP contribution in [-0.4, -0.2) is 69.7 Å². The van der Waals surface area contributed by atoms with Gasteiger partial charge in [0.2, 0.25) is 17.1 Å². The number of aryl methyl sites for hydroxylation is 5. The molecule has 0 unspecified atom stereocenters. The number of nitrogens with two attached hydrogens (primary N) is 2. The summed E-state index contributed by atoms with van der Waals surface area (Å²) in [6, 6.07) is 18.1. The van der Waals surface area contributed by atoms with E-state index in [0.29, 0.717) is 39.4 Å². The lowest BCUT2D eigenvalue weighted by atomic mass is 9.96. The van der Waals surface area contributed by atoms with Gasteiger partial charge in [-0.2, -0.15) is 0 Å².